The Morgan fingerprint density at radius 3 is 2.48 bits per heavy atom. The van der Waals surface area contributed by atoms with Gasteiger partial charge in [-0.25, -0.2) is 23.2 Å². The first kappa shape index (κ1) is 17.4. The average Bonchev–Trinajstić information content (AvgIpc) is 2.40. The molecule has 1 aliphatic heterocycles. The highest BCUT2D eigenvalue weighted by Gasteiger charge is 2.41. The van der Waals surface area contributed by atoms with Crippen LogP contribution in [0.25, 0.3) is 0 Å². The molecule has 6 nitrogen and oxygen atoms in total. The molecule has 0 fully saturated rings. The van der Waals surface area contributed by atoms with Crippen LogP contribution >= 0.6 is 11.6 Å². The fourth-order valence-electron chi connectivity index (χ4n) is 2.06. The minimum Gasteiger partial charge on any atom is -0.495 e. The number of nitrogens with one attached hydrogen (secondary N) is 1. The van der Waals surface area contributed by atoms with E-state index < -0.39 is 28.7 Å². The van der Waals surface area contributed by atoms with Gasteiger partial charge < -0.3 is 15.8 Å². The van der Waals surface area contributed by atoms with E-state index in [4.69, 9.17) is 27.8 Å². The molecule has 2 rings (SSSR count). The van der Waals surface area contributed by atoms with Gasteiger partial charge in [-0.15, -0.1) is 0 Å². The van der Waals surface area contributed by atoms with E-state index in [0.29, 0.717) is 0 Å². The number of methoxy groups -OCH3 is 1. The third kappa shape index (κ3) is 3.06. The number of hydrogen-bond donors (Lipinski definition) is 3. The van der Waals surface area contributed by atoms with E-state index in [2.05, 4.69) is 15.3 Å². The van der Waals surface area contributed by atoms with E-state index >= 15 is 0 Å². The molecule has 0 saturated heterocycles. The largest absolute Gasteiger partial charge is 0.495 e. The maximum Gasteiger partial charge on any atom is 0.240 e. The molecule has 1 aromatic carbocycles. The molecular weight excluding hydrogens is 335 g/mol. The van der Waals surface area contributed by atoms with Gasteiger partial charge in [-0.2, -0.15) is 0 Å². The van der Waals surface area contributed by atoms with Crippen LogP contribution in [0.3, 0.4) is 0 Å². The van der Waals surface area contributed by atoms with Crippen molar-refractivity contribution in [2.24, 2.45) is 21.5 Å². The Balaban J connectivity index is 2.78. The van der Waals surface area contributed by atoms with Crippen LogP contribution in [0, 0.1) is 11.6 Å². The Hall–Kier alpha value is -2.00. The third-order valence-corrected chi connectivity index (χ3v) is 3.36. The Bertz CT molecular complexity index is 717. The zero-order chi connectivity index (χ0) is 17.6. The molecule has 1 aromatic rings. The van der Waals surface area contributed by atoms with E-state index in [1.807, 2.05) is 0 Å². The summed E-state index contributed by atoms with van der Waals surface area (Å²) in [6.45, 7) is 2.37. The molecule has 23 heavy (non-hydrogen) atoms. The molecule has 1 heterocycles. The van der Waals surface area contributed by atoms with Gasteiger partial charge in [-0.1, -0.05) is 11.6 Å². The molecule has 0 aliphatic carbocycles. The zero-order valence-corrected chi connectivity index (χ0v) is 13.3. The molecule has 10 heteroatoms. The van der Waals surface area contributed by atoms with Crippen molar-refractivity contribution in [3.05, 3.63) is 28.3 Å². The Kier molecular flexibility index (Phi) is 4.20. The lowest BCUT2D eigenvalue weighted by Crippen LogP contribution is -2.54. The van der Waals surface area contributed by atoms with Crippen molar-refractivity contribution in [3.8, 4) is 5.75 Å². The molecule has 1 unspecified atom stereocenters. The number of nitrogens with two attached hydrogens (primary N) is 2. The highest BCUT2D eigenvalue weighted by Crippen LogP contribution is 2.40. The van der Waals surface area contributed by atoms with Crippen LogP contribution in [0.2, 0.25) is 5.02 Å². The maximum atomic E-state index is 14.3. The van der Waals surface area contributed by atoms with Crippen molar-refractivity contribution < 1.29 is 17.9 Å². The van der Waals surface area contributed by atoms with Gasteiger partial charge in [0.05, 0.1) is 17.7 Å². The van der Waals surface area contributed by atoms with Gasteiger partial charge in [0.2, 0.25) is 5.79 Å². The van der Waals surface area contributed by atoms with Gasteiger partial charge in [0.15, 0.2) is 23.3 Å². The van der Waals surface area contributed by atoms with Gasteiger partial charge >= 0.3 is 0 Å². The molecule has 0 bridgehead atoms. The first-order chi connectivity index (χ1) is 10.5. The summed E-state index contributed by atoms with van der Waals surface area (Å²) in [5.74, 6) is -5.77. The van der Waals surface area contributed by atoms with Gasteiger partial charge in [0, 0.05) is 0 Å². The van der Waals surface area contributed by atoms with E-state index in [1.54, 1.807) is 0 Å². The molecule has 0 saturated carbocycles. The number of hydrogen-bond acceptors (Lipinski definition) is 6. The van der Waals surface area contributed by atoms with Crippen LogP contribution in [0.5, 0.6) is 5.75 Å². The van der Waals surface area contributed by atoms with Crippen LogP contribution in [0.15, 0.2) is 16.1 Å². The number of guanidine groups is 1. The van der Waals surface area contributed by atoms with Crippen LogP contribution in [-0.2, 0) is 5.79 Å². The summed E-state index contributed by atoms with van der Waals surface area (Å²) < 4.78 is 47.2. The summed E-state index contributed by atoms with van der Waals surface area (Å²) in [5, 5.41) is 2.16. The summed E-state index contributed by atoms with van der Waals surface area (Å²) in [6, 6.07) is 0.723. The third-order valence-electron chi connectivity index (χ3n) is 3.08. The number of rotatable bonds is 3. The van der Waals surface area contributed by atoms with E-state index in [-0.39, 0.29) is 22.6 Å². The summed E-state index contributed by atoms with van der Waals surface area (Å²) in [5.41, 5.74) is 8.97. The lowest BCUT2D eigenvalue weighted by molar-refractivity contribution is 0.298. The zero-order valence-electron chi connectivity index (χ0n) is 12.5. The van der Waals surface area contributed by atoms with Gasteiger partial charge in [-0.3, -0.25) is 5.73 Å². The number of aliphatic imine (C=N–C) groups is 2. The van der Waals surface area contributed by atoms with E-state index in [1.165, 1.54) is 21.0 Å². The van der Waals surface area contributed by atoms with E-state index in [0.717, 1.165) is 6.07 Å². The Morgan fingerprint density at radius 1 is 1.35 bits per heavy atom. The Labute approximate surface area is 135 Å². The van der Waals surface area contributed by atoms with Crippen molar-refractivity contribution in [1.82, 2.24) is 5.32 Å². The molecule has 0 amide bonds. The van der Waals surface area contributed by atoms with Crippen LogP contribution < -0.4 is 21.5 Å². The first-order valence-corrected chi connectivity index (χ1v) is 6.80. The fraction of sp³-hybridized carbons (Fsp3) is 0.385. The average molecular weight is 350 g/mol. The quantitative estimate of drug-likeness (QED) is 0.724. The minimum absolute atomic E-state index is 0.241. The smallest absolute Gasteiger partial charge is 0.240 e. The second kappa shape index (κ2) is 5.57. The molecule has 0 aromatic heterocycles. The predicted molar refractivity (Wildman–Crippen MR) is 81.2 cm³/mol. The van der Waals surface area contributed by atoms with Crippen LogP contribution in [0.4, 0.5) is 13.2 Å². The second-order valence-electron chi connectivity index (χ2n) is 5.34. The molecule has 1 aliphatic rings. The SMILES string of the molecule is COc1c(Cl)cc(F)c(F)c1C1(N)N=C(N)NC(C(C)(C)F)=N1. The minimum atomic E-state index is -2.24. The van der Waals surface area contributed by atoms with Gasteiger partial charge in [0.1, 0.15) is 11.6 Å². The topological polar surface area (TPSA) is 98.0 Å². The standard InChI is InChI=1S/C13H15ClF3N5O/c1-12(2,17)10-20-11(18)22-13(19,21-10)7-8(16)6(15)4-5(14)9(7)23-3/h4H,19H2,1-3H3,(H3,18,20,21,22). The van der Waals surface area contributed by atoms with Gasteiger partial charge in [0.25, 0.3) is 0 Å². The number of halogens is 4. The van der Waals surface area contributed by atoms with Crippen LogP contribution in [0.1, 0.15) is 19.4 Å². The lowest BCUT2D eigenvalue weighted by atomic mass is 10.0. The van der Waals surface area contributed by atoms with Crippen LogP contribution in [-0.4, -0.2) is 24.6 Å². The van der Waals surface area contributed by atoms with E-state index in [9.17, 15) is 13.2 Å². The molecule has 0 spiro atoms. The lowest BCUT2D eigenvalue weighted by Gasteiger charge is -2.32. The molecular formula is C13H15ClF3N5O. The molecule has 5 N–H and O–H groups in total. The number of ether oxygens (including phenoxy) is 1. The predicted octanol–water partition coefficient (Wildman–Crippen LogP) is 1.76. The van der Waals surface area contributed by atoms with Crippen molar-refractivity contribution in [3.63, 3.8) is 0 Å². The Morgan fingerprint density at radius 2 is 1.96 bits per heavy atom. The van der Waals surface area contributed by atoms with Crippen molar-refractivity contribution >= 4 is 23.4 Å². The van der Waals surface area contributed by atoms with Crippen molar-refractivity contribution in [2.75, 3.05) is 7.11 Å². The molecule has 126 valence electrons. The molecule has 1 atom stereocenters. The van der Waals surface area contributed by atoms with Crippen molar-refractivity contribution in [1.29, 1.82) is 0 Å². The maximum absolute atomic E-state index is 14.3. The number of nitrogens with zero attached hydrogens (tertiary/aromatic N) is 2. The number of alkyl halides is 1. The summed E-state index contributed by atoms with van der Waals surface area (Å²) in [7, 11) is 1.18. The van der Waals surface area contributed by atoms with Crippen molar-refractivity contribution in [2.45, 2.75) is 25.3 Å². The normalized spacial score (nSPS) is 21.4. The molecule has 0 radical (unpaired) electrons. The summed E-state index contributed by atoms with van der Waals surface area (Å²) >= 11 is 5.85. The number of benzene rings is 1. The second-order valence-corrected chi connectivity index (χ2v) is 5.75. The summed E-state index contributed by atoms with van der Waals surface area (Å²) in [6.07, 6.45) is 0. The monoisotopic (exact) mass is 349 g/mol. The summed E-state index contributed by atoms with van der Waals surface area (Å²) in [4.78, 5) is 7.61. The number of amidine groups is 1. The highest BCUT2D eigenvalue weighted by atomic mass is 35.5. The fourth-order valence-corrected chi connectivity index (χ4v) is 2.32. The first-order valence-electron chi connectivity index (χ1n) is 6.42. The van der Waals surface area contributed by atoms with Gasteiger partial charge in [-0.05, 0) is 19.9 Å². The highest BCUT2D eigenvalue weighted by molar-refractivity contribution is 6.32.